The number of nitrogens with one attached hydrogen (secondary N) is 2. The van der Waals surface area contributed by atoms with E-state index in [0.29, 0.717) is 6.04 Å². The Morgan fingerprint density at radius 2 is 2.04 bits per heavy atom. The molecule has 1 aromatic carbocycles. The Bertz CT molecular complexity index is 620. The summed E-state index contributed by atoms with van der Waals surface area (Å²) in [6.07, 6.45) is 5.02. The molecule has 2 heterocycles. The molecule has 1 aliphatic heterocycles. The maximum atomic E-state index is 12.3. The monoisotopic (exact) mass is 315 g/mol. The van der Waals surface area contributed by atoms with Crippen molar-refractivity contribution in [1.82, 2.24) is 20.1 Å². The molecular formula is C16H21N5O2. The number of hydrogen-bond donors (Lipinski definition) is 2. The third-order valence-corrected chi connectivity index (χ3v) is 3.92. The fourth-order valence-electron chi connectivity index (χ4n) is 2.58. The Labute approximate surface area is 135 Å². The number of aromatic nitrogens is 3. The third kappa shape index (κ3) is 4.14. The number of rotatable bonds is 5. The summed E-state index contributed by atoms with van der Waals surface area (Å²) in [6, 6.07) is 7.60. The van der Waals surface area contributed by atoms with Gasteiger partial charge in [-0.3, -0.25) is 4.79 Å². The van der Waals surface area contributed by atoms with Crippen molar-refractivity contribution < 1.29 is 9.53 Å². The fourth-order valence-corrected chi connectivity index (χ4v) is 2.58. The van der Waals surface area contributed by atoms with Crippen molar-refractivity contribution in [3.8, 4) is 5.69 Å². The summed E-state index contributed by atoms with van der Waals surface area (Å²) in [5.41, 5.74) is 1.66. The summed E-state index contributed by atoms with van der Waals surface area (Å²) in [6.45, 7) is 3.40. The minimum absolute atomic E-state index is 0.0370. The average Bonchev–Trinajstić information content (AvgIpc) is 3.11. The van der Waals surface area contributed by atoms with Crippen molar-refractivity contribution in [2.45, 2.75) is 31.8 Å². The van der Waals surface area contributed by atoms with Crippen LogP contribution in [0.3, 0.4) is 0 Å². The van der Waals surface area contributed by atoms with Gasteiger partial charge in [0.25, 0.3) is 0 Å². The van der Waals surface area contributed by atoms with Crippen LogP contribution in [0, 0.1) is 0 Å². The summed E-state index contributed by atoms with van der Waals surface area (Å²) >= 11 is 0. The Kier molecular flexibility index (Phi) is 4.99. The van der Waals surface area contributed by atoms with Gasteiger partial charge < -0.3 is 15.4 Å². The molecule has 0 spiro atoms. The van der Waals surface area contributed by atoms with E-state index in [9.17, 15) is 4.79 Å². The molecule has 1 aliphatic rings. The van der Waals surface area contributed by atoms with Crippen LogP contribution < -0.4 is 10.6 Å². The molecule has 0 saturated carbocycles. The predicted octanol–water partition coefficient (Wildman–Crippen LogP) is 1.36. The number of hydrogen-bond acceptors (Lipinski definition) is 5. The van der Waals surface area contributed by atoms with Crippen molar-refractivity contribution >= 4 is 11.6 Å². The molecule has 1 saturated heterocycles. The van der Waals surface area contributed by atoms with E-state index < -0.39 is 0 Å². The van der Waals surface area contributed by atoms with E-state index in [1.54, 1.807) is 11.0 Å². The molecule has 0 bridgehead atoms. The lowest BCUT2D eigenvalue weighted by atomic mass is 10.1. The molecular weight excluding hydrogens is 294 g/mol. The number of anilines is 1. The maximum absolute atomic E-state index is 12.3. The summed E-state index contributed by atoms with van der Waals surface area (Å²) in [4.78, 5) is 16.2. The van der Waals surface area contributed by atoms with Gasteiger partial charge >= 0.3 is 0 Å². The molecule has 2 N–H and O–H groups in total. The largest absolute Gasteiger partial charge is 0.381 e. The second-order valence-corrected chi connectivity index (χ2v) is 5.65. The molecule has 0 aliphatic carbocycles. The molecule has 1 amide bonds. The average molecular weight is 315 g/mol. The summed E-state index contributed by atoms with van der Waals surface area (Å²) in [7, 11) is 0. The maximum Gasteiger partial charge on any atom is 0.241 e. The number of carbonyl (C=O) groups excluding carboxylic acids is 1. The van der Waals surface area contributed by atoms with Gasteiger partial charge in [-0.1, -0.05) is 0 Å². The first kappa shape index (κ1) is 15.6. The van der Waals surface area contributed by atoms with Gasteiger partial charge in [0, 0.05) is 24.9 Å². The Balaban J connectivity index is 1.54. The first-order chi connectivity index (χ1) is 11.2. The molecule has 3 rings (SSSR count). The van der Waals surface area contributed by atoms with Crippen LogP contribution in [0.15, 0.2) is 36.9 Å². The van der Waals surface area contributed by atoms with Crippen molar-refractivity contribution in [3.63, 3.8) is 0 Å². The van der Waals surface area contributed by atoms with Crippen LogP contribution in [-0.4, -0.2) is 46.0 Å². The number of nitrogens with zero attached hydrogens (tertiary/aromatic N) is 3. The second-order valence-electron chi connectivity index (χ2n) is 5.65. The smallest absolute Gasteiger partial charge is 0.241 e. The number of carbonyl (C=O) groups is 1. The Morgan fingerprint density at radius 3 is 2.70 bits per heavy atom. The van der Waals surface area contributed by atoms with E-state index in [1.807, 2.05) is 31.2 Å². The highest BCUT2D eigenvalue weighted by Gasteiger charge is 2.20. The van der Waals surface area contributed by atoms with Crippen LogP contribution in [0.2, 0.25) is 0 Å². The van der Waals surface area contributed by atoms with Gasteiger partial charge in [0.1, 0.15) is 12.7 Å². The molecule has 1 fully saturated rings. The van der Waals surface area contributed by atoms with E-state index in [1.165, 1.54) is 6.33 Å². The molecule has 1 aromatic heterocycles. The zero-order valence-electron chi connectivity index (χ0n) is 13.1. The lowest BCUT2D eigenvalue weighted by Gasteiger charge is -2.26. The zero-order chi connectivity index (χ0) is 16.1. The zero-order valence-corrected chi connectivity index (χ0v) is 13.1. The van der Waals surface area contributed by atoms with Crippen LogP contribution in [0.1, 0.15) is 19.8 Å². The number of ether oxygens (including phenoxy) is 1. The predicted molar refractivity (Wildman–Crippen MR) is 86.4 cm³/mol. The van der Waals surface area contributed by atoms with Crippen LogP contribution >= 0.6 is 0 Å². The summed E-state index contributed by atoms with van der Waals surface area (Å²) in [5, 5.41) is 10.4. The van der Waals surface area contributed by atoms with Gasteiger partial charge in [0.2, 0.25) is 5.91 Å². The normalized spacial score (nSPS) is 16.9. The van der Waals surface area contributed by atoms with Crippen LogP contribution in [0.5, 0.6) is 0 Å². The topological polar surface area (TPSA) is 81.1 Å². The first-order valence-electron chi connectivity index (χ1n) is 7.82. The Morgan fingerprint density at radius 1 is 1.30 bits per heavy atom. The number of amides is 1. The third-order valence-electron chi connectivity index (χ3n) is 3.92. The second kappa shape index (κ2) is 7.34. The first-order valence-corrected chi connectivity index (χ1v) is 7.82. The fraction of sp³-hybridized carbons (Fsp3) is 0.438. The Hall–Kier alpha value is -2.25. The molecule has 0 radical (unpaired) electrons. The van der Waals surface area contributed by atoms with Gasteiger partial charge in [-0.25, -0.2) is 9.67 Å². The highest BCUT2D eigenvalue weighted by Crippen LogP contribution is 2.13. The molecule has 2 aromatic rings. The van der Waals surface area contributed by atoms with Crippen molar-refractivity contribution in [1.29, 1.82) is 0 Å². The minimum Gasteiger partial charge on any atom is -0.381 e. The van der Waals surface area contributed by atoms with Gasteiger partial charge in [-0.15, -0.1) is 0 Å². The van der Waals surface area contributed by atoms with Crippen LogP contribution in [0.4, 0.5) is 5.69 Å². The van der Waals surface area contributed by atoms with Crippen LogP contribution in [-0.2, 0) is 9.53 Å². The van der Waals surface area contributed by atoms with Gasteiger partial charge in [-0.05, 0) is 44.0 Å². The van der Waals surface area contributed by atoms with Crippen molar-refractivity contribution in [3.05, 3.63) is 36.9 Å². The van der Waals surface area contributed by atoms with Gasteiger partial charge in [0.15, 0.2) is 0 Å². The van der Waals surface area contributed by atoms with E-state index in [4.69, 9.17) is 4.74 Å². The molecule has 1 atom stereocenters. The summed E-state index contributed by atoms with van der Waals surface area (Å²) < 4.78 is 6.99. The van der Waals surface area contributed by atoms with Gasteiger partial charge in [-0.2, -0.15) is 5.10 Å². The van der Waals surface area contributed by atoms with E-state index >= 15 is 0 Å². The van der Waals surface area contributed by atoms with E-state index in [0.717, 1.165) is 37.4 Å². The molecule has 23 heavy (non-hydrogen) atoms. The molecule has 122 valence electrons. The van der Waals surface area contributed by atoms with Crippen molar-refractivity contribution in [2.24, 2.45) is 0 Å². The quantitative estimate of drug-likeness (QED) is 0.871. The summed E-state index contributed by atoms with van der Waals surface area (Å²) in [5.74, 6) is -0.0370. The molecule has 0 unspecified atom stereocenters. The highest BCUT2D eigenvalue weighted by molar-refractivity contribution is 5.94. The standard InChI is InChI=1S/C16H21N5O2/c1-12(19-14-6-8-23-9-7-14)16(22)20-13-2-4-15(5-3-13)21-11-17-10-18-21/h2-5,10-12,14,19H,6-9H2,1H3,(H,20,22)/t12-/m0/s1. The highest BCUT2D eigenvalue weighted by atomic mass is 16.5. The molecule has 7 nitrogen and oxygen atoms in total. The number of benzene rings is 1. The molecule has 7 heteroatoms. The van der Waals surface area contributed by atoms with E-state index in [-0.39, 0.29) is 11.9 Å². The lowest BCUT2D eigenvalue weighted by molar-refractivity contribution is -0.118. The SMILES string of the molecule is C[C@H](NC1CCOCC1)C(=O)Nc1ccc(-n2cncn2)cc1. The van der Waals surface area contributed by atoms with Crippen LogP contribution in [0.25, 0.3) is 5.69 Å². The van der Waals surface area contributed by atoms with Crippen molar-refractivity contribution in [2.75, 3.05) is 18.5 Å². The minimum atomic E-state index is -0.243. The lowest BCUT2D eigenvalue weighted by Crippen LogP contribution is -2.46. The van der Waals surface area contributed by atoms with E-state index in [2.05, 4.69) is 20.7 Å². The van der Waals surface area contributed by atoms with Gasteiger partial charge in [0.05, 0.1) is 11.7 Å².